The van der Waals surface area contributed by atoms with E-state index in [1.807, 2.05) is 0 Å². The Labute approximate surface area is 65.8 Å². The van der Waals surface area contributed by atoms with E-state index in [1.54, 1.807) is 6.92 Å². The van der Waals surface area contributed by atoms with E-state index >= 15 is 0 Å². The molecule has 0 aromatic rings. The van der Waals surface area contributed by atoms with Crippen LogP contribution in [0.15, 0.2) is 0 Å². The van der Waals surface area contributed by atoms with E-state index in [9.17, 15) is 4.79 Å². The van der Waals surface area contributed by atoms with Crippen LogP contribution in [0.3, 0.4) is 0 Å². The molecule has 0 fully saturated rings. The average molecular weight is 162 g/mol. The van der Waals surface area contributed by atoms with Gasteiger partial charge >= 0.3 is 5.97 Å². The van der Waals surface area contributed by atoms with Gasteiger partial charge in [-0.25, -0.2) is 0 Å². The number of ether oxygens (including phenoxy) is 1. The number of esters is 1. The van der Waals surface area contributed by atoms with Gasteiger partial charge in [-0.2, -0.15) is 0 Å². The summed E-state index contributed by atoms with van der Waals surface area (Å²) in [6, 6.07) is 0. The van der Waals surface area contributed by atoms with Gasteiger partial charge in [0.25, 0.3) is 0 Å². The van der Waals surface area contributed by atoms with Crippen molar-refractivity contribution in [1.29, 1.82) is 0 Å². The van der Waals surface area contributed by atoms with Crippen LogP contribution in [0.25, 0.3) is 0 Å². The van der Waals surface area contributed by atoms with Crippen LogP contribution in [0, 0.1) is 0 Å². The lowest BCUT2D eigenvalue weighted by atomic mass is 10.1. The van der Waals surface area contributed by atoms with E-state index in [2.05, 4.69) is 4.74 Å². The Morgan fingerprint density at radius 2 is 2.09 bits per heavy atom. The van der Waals surface area contributed by atoms with Gasteiger partial charge in [-0.1, -0.05) is 0 Å². The molecule has 11 heavy (non-hydrogen) atoms. The van der Waals surface area contributed by atoms with Crippen LogP contribution in [-0.2, 0) is 9.53 Å². The van der Waals surface area contributed by atoms with Crippen LogP contribution >= 0.6 is 0 Å². The predicted octanol–water partition coefficient (Wildman–Crippen LogP) is -0.319. The number of rotatable bonds is 4. The first-order valence-electron chi connectivity index (χ1n) is 3.49. The summed E-state index contributed by atoms with van der Waals surface area (Å²) in [6.45, 7) is 1.56. The largest absolute Gasteiger partial charge is 0.469 e. The number of carbonyl (C=O) groups excluding carboxylic acids is 1. The highest BCUT2D eigenvalue weighted by atomic mass is 16.5. The van der Waals surface area contributed by atoms with Gasteiger partial charge in [0.05, 0.1) is 25.7 Å². The lowest BCUT2D eigenvalue weighted by Crippen LogP contribution is -2.19. The Morgan fingerprint density at radius 3 is 2.45 bits per heavy atom. The van der Waals surface area contributed by atoms with Gasteiger partial charge in [-0.3, -0.25) is 4.79 Å². The van der Waals surface area contributed by atoms with E-state index < -0.39 is 18.2 Å². The van der Waals surface area contributed by atoms with E-state index in [1.165, 1.54) is 7.11 Å². The van der Waals surface area contributed by atoms with Crippen molar-refractivity contribution in [2.45, 2.75) is 32.0 Å². The molecule has 66 valence electrons. The van der Waals surface area contributed by atoms with E-state index in [0.717, 1.165) is 0 Å². The molecule has 0 aromatic carbocycles. The molecule has 2 N–H and O–H groups in total. The molecule has 0 saturated heterocycles. The Morgan fingerprint density at radius 1 is 1.55 bits per heavy atom. The lowest BCUT2D eigenvalue weighted by Gasteiger charge is -2.10. The normalized spacial score (nSPS) is 15.6. The third-order valence-electron chi connectivity index (χ3n) is 1.24. The molecule has 0 aliphatic carbocycles. The first kappa shape index (κ1) is 10.4. The molecule has 0 rings (SSSR count). The van der Waals surface area contributed by atoms with Crippen molar-refractivity contribution in [3.8, 4) is 0 Å². The first-order valence-corrected chi connectivity index (χ1v) is 3.49. The number of hydrogen-bond acceptors (Lipinski definition) is 4. The smallest absolute Gasteiger partial charge is 0.308 e. The minimum absolute atomic E-state index is 0.0542. The molecule has 0 bridgehead atoms. The molecule has 2 atom stereocenters. The molecule has 0 saturated carbocycles. The number of aliphatic hydroxyl groups is 2. The van der Waals surface area contributed by atoms with Gasteiger partial charge in [0.15, 0.2) is 0 Å². The molecule has 0 radical (unpaired) electrons. The summed E-state index contributed by atoms with van der Waals surface area (Å²) in [4.78, 5) is 10.5. The van der Waals surface area contributed by atoms with Gasteiger partial charge in [-0.05, 0) is 13.3 Å². The third-order valence-corrected chi connectivity index (χ3v) is 1.24. The van der Waals surface area contributed by atoms with E-state index in [4.69, 9.17) is 10.2 Å². The minimum atomic E-state index is -0.803. The highest BCUT2D eigenvalue weighted by Crippen LogP contribution is 2.02. The number of hydrogen-bond donors (Lipinski definition) is 2. The average Bonchev–Trinajstić information content (AvgIpc) is 1.85. The van der Waals surface area contributed by atoms with Crippen molar-refractivity contribution in [2.75, 3.05) is 7.11 Å². The first-order chi connectivity index (χ1) is 5.06. The second-order valence-corrected chi connectivity index (χ2v) is 2.52. The summed E-state index contributed by atoms with van der Waals surface area (Å²) in [5, 5.41) is 17.9. The maximum Gasteiger partial charge on any atom is 0.308 e. The fourth-order valence-corrected chi connectivity index (χ4v) is 0.753. The molecular formula is C7H14O4. The SMILES string of the molecule is COC(=O)CC(O)CC(C)O. The molecule has 0 aliphatic rings. The van der Waals surface area contributed by atoms with Crippen molar-refractivity contribution in [2.24, 2.45) is 0 Å². The van der Waals surface area contributed by atoms with Crippen LogP contribution in [-0.4, -0.2) is 35.5 Å². The fraction of sp³-hybridized carbons (Fsp3) is 0.857. The second-order valence-electron chi connectivity index (χ2n) is 2.52. The van der Waals surface area contributed by atoms with Crippen LogP contribution in [0.1, 0.15) is 19.8 Å². The van der Waals surface area contributed by atoms with Crippen molar-refractivity contribution < 1.29 is 19.7 Å². The van der Waals surface area contributed by atoms with Crippen molar-refractivity contribution in [3.05, 3.63) is 0 Å². The Bertz CT molecular complexity index is 122. The van der Waals surface area contributed by atoms with Gasteiger partial charge in [0, 0.05) is 0 Å². The summed E-state index contributed by atoms with van der Waals surface area (Å²) in [5.74, 6) is -0.460. The fourth-order valence-electron chi connectivity index (χ4n) is 0.753. The maximum absolute atomic E-state index is 10.5. The van der Waals surface area contributed by atoms with Crippen LogP contribution in [0.5, 0.6) is 0 Å². The zero-order valence-corrected chi connectivity index (χ0v) is 6.78. The zero-order valence-electron chi connectivity index (χ0n) is 6.78. The van der Waals surface area contributed by atoms with Crippen LogP contribution in [0.4, 0.5) is 0 Å². The highest BCUT2D eigenvalue weighted by molar-refractivity contribution is 5.69. The lowest BCUT2D eigenvalue weighted by molar-refractivity contribution is -0.143. The molecule has 4 nitrogen and oxygen atoms in total. The number of methoxy groups -OCH3 is 1. The van der Waals surface area contributed by atoms with Gasteiger partial charge in [-0.15, -0.1) is 0 Å². The molecule has 2 unspecified atom stereocenters. The Balaban J connectivity index is 3.51. The van der Waals surface area contributed by atoms with Gasteiger partial charge < -0.3 is 14.9 Å². The predicted molar refractivity (Wildman–Crippen MR) is 38.9 cm³/mol. The topological polar surface area (TPSA) is 66.8 Å². The summed E-state index contributed by atoms with van der Waals surface area (Å²) in [7, 11) is 1.26. The Kier molecular flexibility index (Phi) is 4.81. The minimum Gasteiger partial charge on any atom is -0.469 e. The molecule has 0 aliphatic heterocycles. The van der Waals surface area contributed by atoms with Crippen LogP contribution < -0.4 is 0 Å². The van der Waals surface area contributed by atoms with Crippen molar-refractivity contribution in [3.63, 3.8) is 0 Å². The number of aliphatic hydroxyl groups excluding tert-OH is 2. The van der Waals surface area contributed by atoms with Gasteiger partial charge in [0.2, 0.25) is 0 Å². The quantitative estimate of drug-likeness (QED) is 0.556. The summed E-state index contributed by atoms with van der Waals surface area (Å²) >= 11 is 0. The molecule has 0 aromatic heterocycles. The van der Waals surface area contributed by atoms with Gasteiger partial charge in [0.1, 0.15) is 0 Å². The summed E-state index contributed by atoms with van der Waals surface area (Å²) < 4.78 is 4.32. The zero-order chi connectivity index (χ0) is 8.85. The van der Waals surface area contributed by atoms with Crippen molar-refractivity contribution in [1.82, 2.24) is 0 Å². The molecular weight excluding hydrogens is 148 g/mol. The monoisotopic (exact) mass is 162 g/mol. The number of carbonyl (C=O) groups is 1. The third kappa shape index (κ3) is 5.82. The second kappa shape index (κ2) is 5.09. The molecule has 0 amide bonds. The highest BCUT2D eigenvalue weighted by Gasteiger charge is 2.12. The van der Waals surface area contributed by atoms with Crippen LogP contribution in [0.2, 0.25) is 0 Å². The van der Waals surface area contributed by atoms with E-state index in [-0.39, 0.29) is 12.8 Å². The standard InChI is InChI=1S/C7H14O4/c1-5(8)3-6(9)4-7(10)11-2/h5-6,8-9H,3-4H2,1-2H3. The molecule has 4 heteroatoms. The molecule has 0 spiro atoms. The maximum atomic E-state index is 10.5. The van der Waals surface area contributed by atoms with Crippen molar-refractivity contribution >= 4 is 5.97 Å². The Hall–Kier alpha value is -0.610. The molecule has 0 heterocycles. The summed E-state index contributed by atoms with van der Waals surface area (Å²) in [5.41, 5.74) is 0. The summed E-state index contributed by atoms with van der Waals surface area (Å²) in [6.07, 6.45) is -1.24. The van der Waals surface area contributed by atoms with E-state index in [0.29, 0.717) is 0 Å².